The maximum atomic E-state index is 12.6. The number of hydrogen-bond donors (Lipinski definition) is 0. The van der Waals surface area contributed by atoms with E-state index >= 15 is 0 Å². The van der Waals surface area contributed by atoms with Crippen molar-refractivity contribution in [3.63, 3.8) is 0 Å². The standard InChI is InChI=1S/C11H16F3N3O3SSi/c1-20-8(19)6-5-7(18)17(22(2,3)4)10-16-15-9(21-10)11(12,13)14/h5-6H2,1-4H3. The lowest BCUT2D eigenvalue weighted by Gasteiger charge is -2.31. The van der Waals surface area contributed by atoms with Crippen LogP contribution >= 0.6 is 11.3 Å². The fourth-order valence-corrected chi connectivity index (χ4v) is 4.69. The van der Waals surface area contributed by atoms with E-state index in [1.54, 1.807) is 19.6 Å². The number of methoxy groups -OCH3 is 1. The van der Waals surface area contributed by atoms with Gasteiger partial charge in [-0.3, -0.25) is 9.59 Å². The summed E-state index contributed by atoms with van der Waals surface area (Å²) in [5.41, 5.74) is 0. The molecule has 0 aromatic carbocycles. The first kappa shape index (κ1) is 18.6. The molecule has 6 nitrogen and oxygen atoms in total. The minimum Gasteiger partial charge on any atom is -0.469 e. The van der Waals surface area contributed by atoms with Gasteiger partial charge in [0.1, 0.15) is 0 Å². The van der Waals surface area contributed by atoms with E-state index in [9.17, 15) is 22.8 Å². The van der Waals surface area contributed by atoms with Crippen molar-refractivity contribution in [2.75, 3.05) is 11.7 Å². The third-order valence-electron chi connectivity index (χ3n) is 2.54. The lowest BCUT2D eigenvalue weighted by molar-refractivity contribution is -0.141. The number of esters is 1. The Bertz CT molecular complexity index is 557. The molecule has 1 heterocycles. The highest BCUT2D eigenvalue weighted by atomic mass is 32.1. The van der Waals surface area contributed by atoms with Gasteiger partial charge >= 0.3 is 12.1 Å². The average molecular weight is 355 g/mol. The second-order valence-corrected chi connectivity index (χ2v) is 11.1. The molecule has 1 aromatic heterocycles. The van der Waals surface area contributed by atoms with Crippen LogP contribution in [0.25, 0.3) is 0 Å². The van der Waals surface area contributed by atoms with Crippen molar-refractivity contribution in [3.05, 3.63) is 5.01 Å². The van der Waals surface area contributed by atoms with Crippen LogP contribution in [0.2, 0.25) is 19.6 Å². The van der Waals surface area contributed by atoms with Gasteiger partial charge in [0.15, 0.2) is 8.24 Å². The van der Waals surface area contributed by atoms with Gasteiger partial charge in [-0.25, -0.2) is 0 Å². The highest BCUT2D eigenvalue weighted by molar-refractivity contribution is 7.16. The van der Waals surface area contributed by atoms with E-state index < -0.39 is 31.3 Å². The average Bonchev–Trinajstić information content (AvgIpc) is 2.83. The van der Waals surface area contributed by atoms with Crippen LogP contribution in [-0.2, 0) is 20.5 Å². The zero-order valence-electron chi connectivity index (χ0n) is 12.5. The lowest BCUT2D eigenvalue weighted by Crippen LogP contribution is -2.50. The van der Waals surface area contributed by atoms with Crippen molar-refractivity contribution >= 4 is 36.6 Å². The number of ether oxygens (including phenoxy) is 1. The summed E-state index contributed by atoms with van der Waals surface area (Å²) in [4.78, 5) is 23.4. The molecule has 0 aliphatic carbocycles. The Labute approximate surface area is 130 Å². The lowest BCUT2D eigenvalue weighted by atomic mass is 10.3. The summed E-state index contributed by atoms with van der Waals surface area (Å²) < 4.78 is 43.6. The van der Waals surface area contributed by atoms with Crippen LogP contribution in [0.4, 0.5) is 18.3 Å². The van der Waals surface area contributed by atoms with E-state index in [-0.39, 0.29) is 18.0 Å². The quantitative estimate of drug-likeness (QED) is 0.600. The molecule has 0 saturated heterocycles. The first-order chi connectivity index (χ1) is 9.96. The molecule has 1 aromatic rings. The zero-order valence-corrected chi connectivity index (χ0v) is 14.3. The Balaban J connectivity index is 3.02. The largest absolute Gasteiger partial charge is 0.469 e. The minimum absolute atomic E-state index is 0.0960. The van der Waals surface area contributed by atoms with Crippen LogP contribution in [-0.4, -0.2) is 37.4 Å². The number of aromatic nitrogens is 2. The fraction of sp³-hybridized carbons (Fsp3) is 0.636. The molecule has 0 unspecified atom stereocenters. The molecule has 0 saturated carbocycles. The number of halogens is 3. The predicted molar refractivity (Wildman–Crippen MR) is 77.0 cm³/mol. The molecule has 11 heteroatoms. The molecule has 124 valence electrons. The second-order valence-electron chi connectivity index (χ2n) is 5.36. The highest BCUT2D eigenvalue weighted by Gasteiger charge is 2.39. The van der Waals surface area contributed by atoms with E-state index in [4.69, 9.17) is 0 Å². The van der Waals surface area contributed by atoms with Gasteiger partial charge in [-0.05, 0) is 0 Å². The Hall–Kier alpha value is -1.49. The van der Waals surface area contributed by atoms with Gasteiger partial charge in [-0.2, -0.15) is 13.2 Å². The first-order valence-corrected chi connectivity index (χ1v) is 10.5. The predicted octanol–water partition coefficient (Wildman–Crippen LogP) is 2.68. The summed E-state index contributed by atoms with van der Waals surface area (Å²) in [7, 11) is -1.15. The van der Waals surface area contributed by atoms with Gasteiger partial charge in [0.2, 0.25) is 16.0 Å². The molecule has 0 fully saturated rings. The number of alkyl halides is 3. The monoisotopic (exact) mass is 355 g/mol. The van der Waals surface area contributed by atoms with Gasteiger partial charge < -0.3 is 9.30 Å². The maximum Gasteiger partial charge on any atom is 0.445 e. The van der Waals surface area contributed by atoms with Crippen LogP contribution in [0, 0.1) is 0 Å². The van der Waals surface area contributed by atoms with E-state index in [2.05, 4.69) is 14.9 Å². The summed E-state index contributed by atoms with van der Waals surface area (Å²) in [6.07, 6.45) is -4.89. The molecule has 0 radical (unpaired) electrons. The molecule has 1 rings (SSSR count). The van der Waals surface area contributed by atoms with Crippen LogP contribution < -0.4 is 4.57 Å². The number of carbonyl (C=O) groups is 2. The molecule has 0 spiro atoms. The number of amides is 1. The van der Waals surface area contributed by atoms with Crippen molar-refractivity contribution in [1.29, 1.82) is 0 Å². The number of rotatable bonds is 5. The Morgan fingerprint density at radius 2 is 1.82 bits per heavy atom. The first-order valence-electron chi connectivity index (χ1n) is 6.27. The normalized spacial score (nSPS) is 12.1. The third-order valence-corrected chi connectivity index (χ3v) is 5.46. The van der Waals surface area contributed by atoms with Crippen LogP contribution in [0.3, 0.4) is 0 Å². The van der Waals surface area contributed by atoms with Crippen LogP contribution in [0.5, 0.6) is 0 Å². The molecular weight excluding hydrogens is 339 g/mol. The van der Waals surface area contributed by atoms with Gasteiger partial charge in [0, 0.05) is 6.42 Å². The molecule has 0 N–H and O–H groups in total. The number of carbonyl (C=O) groups excluding carboxylic acids is 2. The highest BCUT2D eigenvalue weighted by Crippen LogP contribution is 2.35. The van der Waals surface area contributed by atoms with E-state index in [1.807, 2.05) is 0 Å². The topological polar surface area (TPSA) is 72.4 Å². The van der Waals surface area contributed by atoms with E-state index in [0.717, 1.165) is 0 Å². The Morgan fingerprint density at radius 3 is 2.23 bits per heavy atom. The molecular formula is C11H16F3N3O3SSi. The molecule has 0 atom stereocenters. The summed E-state index contributed by atoms with van der Waals surface area (Å²) in [6, 6.07) is 0. The molecule has 1 amide bonds. The Morgan fingerprint density at radius 1 is 1.23 bits per heavy atom. The summed E-state index contributed by atoms with van der Waals surface area (Å²) in [5.74, 6) is -1.02. The van der Waals surface area contributed by atoms with Gasteiger partial charge in [-0.15, -0.1) is 10.2 Å². The van der Waals surface area contributed by atoms with Crippen LogP contribution in [0.15, 0.2) is 0 Å². The molecule has 0 aliphatic rings. The number of nitrogens with zero attached hydrogens (tertiary/aromatic N) is 3. The molecule has 0 aliphatic heterocycles. The zero-order chi connectivity index (χ0) is 17.1. The number of anilines is 1. The Kier molecular flexibility index (Phi) is 5.68. The number of hydrogen-bond acceptors (Lipinski definition) is 6. The summed E-state index contributed by atoms with van der Waals surface area (Å²) in [5, 5.41) is 5.38. The van der Waals surface area contributed by atoms with Crippen molar-refractivity contribution in [3.8, 4) is 0 Å². The van der Waals surface area contributed by atoms with Crippen molar-refractivity contribution < 1.29 is 27.5 Å². The minimum atomic E-state index is -4.60. The SMILES string of the molecule is COC(=O)CCC(=O)N(c1nnc(C(F)(F)F)s1)[Si](C)(C)C. The van der Waals surface area contributed by atoms with Gasteiger partial charge in [0.05, 0.1) is 13.5 Å². The molecule has 0 bridgehead atoms. The van der Waals surface area contributed by atoms with E-state index in [1.165, 1.54) is 11.7 Å². The van der Waals surface area contributed by atoms with Gasteiger partial charge in [-0.1, -0.05) is 31.0 Å². The summed E-state index contributed by atoms with van der Waals surface area (Å²) >= 11 is 0.320. The van der Waals surface area contributed by atoms with Crippen molar-refractivity contribution in [1.82, 2.24) is 10.2 Å². The second kappa shape index (κ2) is 6.73. The van der Waals surface area contributed by atoms with Crippen molar-refractivity contribution in [2.45, 2.75) is 38.7 Å². The smallest absolute Gasteiger partial charge is 0.445 e. The maximum absolute atomic E-state index is 12.6. The van der Waals surface area contributed by atoms with Crippen molar-refractivity contribution in [2.24, 2.45) is 0 Å². The van der Waals surface area contributed by atoms with Crippen LogP contribution in [0.1, 0.15) is 17.8 Å². The fourth-order valence-electron chi connectivity index (χ4n) is 1.61. The third kappa shape index (κ3) is 4.76. The summed E-state index contributed by atoms with van der Waals surface area (Å²) in [6.45, 7) is 5.37. The molecule has 22 heavy (non-hydrogen) atoms. The van der Waals surface area contributed by atoms with E-state index in [0.29, 0.717) is 11.3 Å². The van der Waals surface area contributed by atoms with Gasteiger partial charge in [0.25, 0.3) is 0 Å².